The van der Waals surface area contributed by atoms with Crippen LogP contribution < -0.4 is 25.9 Å². The molecule has 0 radical (unpaired) electrons. The number of ether oxygens (including phenoxy) is 2. The first-order valence-electron chi connectivity index (χ1n) is 16.5. The lowest BCUT2D eigenvalue weighted by atomic mass is 9.34. The molecule has 3 aliphatic heterocycles. The van der Waals surface area contributed by atoms with Gasteiger partial charge in [0, 0.05) is 58.3 Å². The highest BCUT2D eigenvalue weighted by molar-refractivity contribution is 8.00. The second-order valence-electron chi connectivity index (χ2n) is 13.5. The summed E-state index contributed by atoms with van der Waals surface area (Å²) in [7, 11) is 0. The van der Waals surface area contributed by atoms with Crippen molar-refractivity contribution in [3.05, 3.63) is 115 Å². The highest BCUT2D eigenvalue weighted by atomic mass is 32.2. The molecule has 4 nitrogen and oxygen atoms in total. The summed E-state index contributed by atoms with van der Waals surface area (Å²) in [4.78, 5) is 2.56. The number of aromatic nitrogens is 2. The van der Waals surface area contributed by atoms with Crippen molar-refractivity contribution in [2.75, 3.05) is 0 Å². The molecule has 0 aliphatic carbocycles. The summed E-state index contributed by atoms with van der Waals surface area (Å²) < 4.78 is 18.8. The molecule has 6 heteroatoms. The van der Waals surface area contributed by atoms with Gasteiger partial charge in [-0.3, -0.25) is 0 Å². The van der Waals surface area contributed by atoms with E-state index in [-0.39, 0.29) is 6.71 Å². The van der Waals surface area contributed by atoms with E-state index in [9.17, 15) is 0 Å². The molecule has 4 aromatic heterocycles. The smallest absolute Gasteiger partial charge is 0.263 e. The molecule has 0 amide bonds. The molecule has 14 rings (SSSR count). The molecule has 0 unspecified atom stereocenters. The Hall–Kier alpha value is -5.85. The molecule has 0 spiro atoms. The van der Waals surface area contributed by atoms with Gasteiger partial charge >= 0.3 is 0 Å². The zero-order chi connectivity index (χ0) is 30.6. The number of fused-ring (bicyclic) bond motifs is 14. The third-order valence-electron chi connectivity index (χ3n) is 11.5. The second-order valence-corrected chi connectivity index (χ2v) is 14.6. The fraction of sp³-hybridized carbons (Fsp3) is 0. The molecule has 7 heterocycles. The van der Waals surface area contributed by atoms with Crippen LogP contribution in [0.2, 0.25) is 0 Å². The minimum absolute atomic E-state index is 0.00705. The average Bonchev–Trinajstić information content (AvgIpc) is 3.85. The number of benzene rings is 7. The van der Waals surface area contributed by atoms with Crippen LogP contribution in [-0.4, -0.2) is 15.5 Å². The van der Waals surface area contributed by atoms with E-state index >= 15 is 0 Å². The van der Waals surface area contributed by atoms with Gasteiger partial charge in [0.25, 0.3) is 6.71 Å². The highest BCUT2D eigenvalue weighted by Crippen LogP contribution is 2.52. The van der Waals surface area contributed by atoms with E-state index in [2.05, 4.69) is 124 Å². The maximum Gasteiger partial charge on any atom is 0.263 e. The van der Waals surface area contributed by atoms with Gasteiger partial charge in [0.2, 0.25) is 0 Å². The molecule has 11 aromatic rings. The van der Waals surface area contributed by atoms with Crippen LogP contribution in [0.3, 0.4) is 0 Å². The third kappa shape index (κ3) is 2.34. The van der Waals surface area contributed by atoms with Gasteiger partial charge < -0.3 is 18.3 Å². The Morgan fingerprint density at radius 3 is 1.35 bits per heavy atom. The van der Waals surface area contributed by atoms with E-state index in [1.54, 1.807) is 0 Å². The summed E-state index contributed by atoms with van der Waals surface area (Å²) in [6.45, 7) is 0.00705. The standard InChI is InChI=1S/C42H19BN2O2S/c1-3-14-28-20(8-1)22-10-5-12-24-26-18-32-35-41(39(26)44(28)37(22)24)48-42-36-33(47-31-17-7-16-30(46-32)34(31)43(35)36)19-27-25-13-6-11-23-21-9-2-4-15-29(21)45(38(23)25)40(27)42/h1-19H. The molecule has 218 valence electrons. The van der Waals surface area contributed by atoms with Crippen molar-refractivity contribution < 1.29 is 9.47 Å². The maximum absolute atomic E-state index is 6.86. The van der Waals surface area contributed by atoms with E-state index in [1.165, 1.54) is 96.9 Å². The van der Waals surface area contributed by atoms with Crippen LogP contribution in [-0.2, 0) is 0 Å². The quantitative estimate of drug-likeness (QED) is 0.157. The van der Waals surface area contributed by atoms with Gasteiger partial charge in [-0.2, -0.15) is 0 Å². The fourth-order valence-corrected chi connectivity index (χ4v) is 11.2. The predicted octanol–water partition coefficient (Wildman–Crippen LogP) is 9.18. The van der Waals surface area contributed by atoms with E-state index in [0.29, 0.717) is 0 Å². The Kier molecular flexibility index (Phi) is 3.66. The Bertz CT molecular complexity index is 3120. The molecule has 0 atom stereocenters. The lowest BCUT2D eigenvalue weighted by Crippen LogP contribution is -2.60. The second kappa shape index (κ2) is 7.49. The predicted molar refractivity (Wildman–Crippen MR) is 198 cm³/mol. The number of nitrogens with zero attached hydrogens (tertiary/aromatic N) is 2. The average molecular weight is 627 g/mol. The first-order valence-corrected chi connectivity index (χ1v) is 17.3. The van der Waals surface area contributed by atoms with Crippen molar-refractivity contribution in [3.8, 4) is 23.0 Å². The van der Waals surface area contributed by atoms with E-state index in [4.69, 9.17) is 9.47 Å². The van der Waals surface area contributed by atoms with Crippen LogP contribution in [0.1, 0.15) is 0 Å². The summed E-state index contributed by atoms with van der Waals surface area (Å²) in [6, 6.07) is 42.1. The van der Waals surface area contributed by atoms with Gasteiger partial charge in [0.15, 0.2) is 0 Å². The fourth-order valence-electron chi connectivity index (χ4n) is 9.75. The van der Waals surface area contributed by atoms with E-state index < -0.39 is 0 Å². The largest absolute Gasteiger partial charge is 0.458 e. The molecular weight excluding hydrogens is 607 g/mol. The molecule has 0 N–H and O–H groups in total. The number of rotatable bonds is 0. The van der Waals surface area contributed by atoms with Gasteiger partial charge in [-0.1, -0.05) is 90.6 Å². The first kappa shape index (κ1) is 23.5. The van der Waals surface area contributed by atoms with Crippen molar-refractivity contribution >= 4 is 111 Å². The summed E-state index contributed by atoms with van der Waals surface area (Å²) in [6.07, 6.45) is 0. The van der Waals surface area contributed by atoms with Crippen LogP contribution in [0.4, 0.5) is 0 Å². The third-order valence-corrected chi connectivity index (χ3v) is 12.7. The van der Waals surface area contributed by atoms with E-state index in [0.717, 1.165) is 28.5 Å². The van der Waals surface area contributed by atoms with Crippen molar-refractivity contribution in [3.63, 3.8) is 0 Å². The number of para-hydroxylation sites is 4. The summed E-state index contributed by atoms with van der Waals surface area (Å²) in [5.41, 5.74) is 11.2. The Morgan fingerprint density at radius 1 is 0.396 bits per heavy atom. The molecule has 3 aliphatic rings. The normalized spacial score (nSPS) is 14.5. The van der Waals surface area contributed by atoms with Crippen LogP contribution >= 0.6 is 11.8 Å². The molecule has 0 bridgehead atoms. The number of hydrogen-bond donors (Lipinski definition) is 0. The van der Waals surface area contributed by atoms with Crippen molar-refractivity contribution in [1.29, 1.82) is 0 Å². The van der Waals surface area contributed by atoms with Gasteiger partial charge in [-0.05, 0) is 47.3 Å². The van der Waals surface area contributed by atoms with Crippen LogP contribution in [0, 0.1) is 0 Å². The van der Waals surface area contributed by atoms with E-state index in [1.807, 2.05) is 11.8 Å². The topological polar surface area (TPSA) is 27.3 Å². The zero-order valence-corrected chi connectivity index (χ0v) is 26.0. The van der Waals surface area contributed by atoms with Crippen molar-refractivity contribution in [2.24, 2.45) is 0 Å². The SMILES string of the molecule is c1cc2c3c(c1)Oc1cc4c5cccc6c7ccccc7n(c4c4c1B3c1c(cc3c7cccc8c9ccccc9n(c3c1S4)c87)O2)c65. The Labute approximate surface area is 276 Å². The maximum atomic E-state index is 6.86. The minimum Gasteiger partial charge on any atom is -0.458 e. The van der Waals surface area contributed by atoms with Gasteiger partial charge in [0.05, 0.1) is 33.1 Å². The zero-order valence-electron chi connectivity index (χ0n) is 25.2. The molecule has 7 aromatic carbocycles. The Balaban J connectivity index is 1.24. The highest BCUT2D eigenvalue weighted by Gasteiger charge is 2.47. The summed E-state index contributed by atoms with van der Waals surface area (Å²) >= 11 is 1.91. The number of hydrogen-bond acceptors (Lipinski definition) is 3. The van der Waals surface area contributed by atoms with Gasteiger partial charge in [-0.25, -0.2) is 0 Å². The van der Waals surface area contributed by atoms with Crippen LogP contribution in [0.25, 0.3) is 76.2 Å². The van der Waals surface area contributed by atoms with Crippen molar-refractivity contribution in [1.82, 2.24) is 8.80 Å². The minimum atomic E-state index is 0.00705. The molecule has 0 saturated carbocycles. The van der Waals surface area contributed by atoms with Crippen LogP contribution in [0.15, 0.2) is 125 Å². The first-order chi connectivity index (χ1) is 23.8. The molecule has 0 fully saturated rings. The monoisotopic (exact) mass is 626 g/mol. The van der Waals surface area contributed by atoms with Gasteiger partial charge in [0.1, 0.15) is 23.0 Å². The summed E-state index contributed by atoms with van der Waals surface area (Å²) in [5, 5.41) is 10.2. The Morgan fingerprint density at radius 2 is 0.833 bits per heavy atom. The lowest BCUT2D eigenvalue weighted by Gasteiger charge is -2.38. The molecular formula is C42H19BN2O2S. The van der Waals surface area contributed by atoms with Crippen LogP contribution in [0.5, 0.6) is 23.0 Å². The lowest BCUT2D eigenvalue weighted by molar-refractivity contribution is 0.464. The van der Waals surface area contributed by atoms with Crippen molar-refractivity contribution in [2.45, 2.75) is 9.79 Å². The summed E-state index contributed by atoms with van der Waals surface area (Å²) in [5.74, 6) is 3.68. The molecule has 0 saturated heterocycles. The van der Waals surface area contributed by atoms with Gasteiger partial charge in [-0.15, -0.1) is 0 Å². The molecule has 48 heavy (non-hydrogen) atoms.